The molecule has 53 heavy (non-hydrogen) atoms. The fraction of sp³-hybridized carbons (Fsp3) is 0.0769. The highest BCUT2D eigenvalue weighted by Gasteiger charge is 2.17. The van der Waals surface area contributed by atoms with Gasteiger partial charge in [-0.15, -0.1) is 0 Å². The summed E-state index contributed by atoms with van der Waals surface area (Å²) in [5, 5.41) is 0. The van der Waals surface area contributed by atoms with Gasteiger partial charge in [-0.2, -0.15) is 0 Å². The van der Waals surface area contributed by atoms with E-state index in [1.807, 2.05) is 0 Å². The third-order valence-electron chi connectivity index (χ3n) is 10.2. The Balaban J connectivity index is 1.21. The lowest BCUT2D eigenvalue weighted by Gasteiger charge is -2.27. The second-order valence-electron chi connectivity index (χ2n) is 14.1. The molecule has 0 saturated heterocycles. The largest absolute Gasteiger partial charge is 0.310 e. The zero-order valence-electron chi connectivity index (χ0n) is 30.8. The monoisotopic (exact) mass is 681 g/mol. The lowest BCUT2D eigenvalue weighted by molar-refractivity contribution is 1.27. The lowest BCUT2D eigenvalue weighted by Crippen LogP contribution is -2.10. The van der Waals surface area contributed by atoms with Crippen molar-refractivity contribution in [2.45, 2.75) is 27.7 Å². The van der Waals surface area contributed by atoms with Crippen molar-refractivity contribution in [3.63, 3.8) is 0 Å². The van der Waals surface area contributed by atoms with Crippen LogP contribution in [0, 0.1) is 27.7 Å². The van der Waals surface area contributed by atoms with Crippen molar-refractivity contribution >= 4 is 17.1 Å². The standard InChI is InChI=1S/C52H43N/c1-36-15-19-42(20-16-36)48-32-29-47(35-39(48)4)53(45-25-21-43(22-26-45)49-30-17-37(2)33-51(49)40-11-7-5-8-12-40)46-27-23-44(24-28-46)50-31-18-38(3)34-52(50)41-13-9-6-10-14-41/h5-35H,1-4H3. The van der Waals surface area contributed by atoms with Gasteiger partial charge in [-0.05, 0) is 125 Å². The molecule has 0 aliphatic carbocycles. The number of hydrogen-bond acceptors (Lipinski definition) is 1. The molecule has 0 fully saturated rings. The molecule has 0 spiro atoms. The minimum atomic E-state index is 1.11. The number of benzene rings is 8. The third kappa shape index (κ3) is 7.07. The number of aryl methyl sites for hydroxylation is 4. The van der Waals surface area contributed by atoms with Crippen LogP contribution in [0.15, 0.2) is 188 Å². The molecule has 0 N–H and O–H groups in total. The summed E-state index contributed by atoms with van der Waals surface area (Å²) in [5.74, 6) is 0. The number of hydrogen-bond donors (Lipinski definition) is 0. The molecule has 8 rings (SSSR count). The predicted octanol–water partition coefficient (Wildman–Crippen LogP) is 14.7. The van der Waals surface area contributed by atoms with Gasteiger partial charge in [-0.1, -0.05) is 168 Å². The Hall–Kier alpha value is -6.44. The molecule has 8 aromatic rings. The van der Waals surface area contributed by atoms with Crippen LogP contribution in [0.1, 0.15) is 22.3 Å². The quantitative estimate of drug-likeness (QED) is 0.154. The van der Waals surface area contributed by atoms with E-state index in [0.29, 0.717) is 0 Å². The molecular weight excluding hydrogens is 639 g/mol. The minimum absolute atomic E-state index is 1.11. The summed E-state index contributed by atoms with van der Waals surface area (Å²) in [6.45, 7) is 8.68. The van der Waals surface area contributed by atoms with Crippen molar-refractivity contribution < 1.29 is 0 Å². The van der Waals surface area contributed by atoms with Crippen LogP contribution in [0.3, 0.4) is 0 Å². The smallest absolute Gasteiger partial charge is 0.0464 e. The summed E-state index contributed by atoms with van der Waals surface area (Å²) < 4.78 is 0. The van der Waals surface area contributed by atoms with Gasteiger partial charge in [0.2, 0.25) is 0 Å². The zero-order valence-corrected chi connectivity index (χ0v) is 30.8. The van der Waals surface area contributed by atoms with Crippen molar-refractivity contribution in [3.05, 3.63) is 210 Å². The molecule has 0 heterocycles. The lowest BCUT2D eigenvalue weighted by atomic mass is 9.92. The van der Waals surface area contributed by atoms with Gasteiger partial charge >= 0.3 is 0 Å². The van der Waals surface area contributed by atoms with Crippen LogP contribution < -0.4 is 4.90 Å². The van der Waals surface area contributed by atoms with Crippen LogP contribution in [0.25, 0.3) is 55.6 Å². The zero-order chi connectivity index (χ0) is 36.3. The highest BCUT2D eigenvalue weighted by molar-refractivity contribution is 5.88. The van der Waals surface area contributed by atoms with Crippen LogP contribution in [-0.4, -0.2) is 0 Å². The van der Waals surface area contributed by atoms with Crippen molar-refractivity contribution in [1.29, 1.82) is 0 Å². The molecule has 1 heteroatoms. The Morgan fingerprint density at radius 1 is 0.264 bits per heavy atom. The first kappa shape index (κ1) is 33.7. The molecule has 0 aromatic heterocycles. The first-order chi connectivity index (χ1) is 25.9. The normalized spacial score (nSPS) is 11.0. The molecule has 0 atom stereocenters. The highest BCUT2D eigenvalue weighted by Crippen LogP contribution is 2.41. The molecule has 0 bridgehead atoms. The van der Waals surface area contributed by atoms with E-state index in [-0.39, 0.29) is 0 Å². The van der Waals surface area contributed by atoms with E-state index in [1.54, 1.807) is 0 Å². The summed E-state index contributed by atoms with van der Waals surface area (Å²) >= 11 is 0. The predicted molar refractivity (Wildman–Crippen MR) is 227 cm³/mol. The molecule has 256 valence electrons. The molecule has 0 amide bonds. The Morgan fingerprint density at radius 2 is 0.623 bits per heavy atom. The first-order valence-electron chi connectivity index (χ1n) is 18.4. The molecule has 0 unspecified atom stereocenters. The van der Waals surface area contributed by atoms with Gasteiger partial charge in [-0.25, -0.2) is 0 Å². The molecule has 8 aromatic carbocycles. The van der Waals surface area contributed by atoms with Crippen LogP contribution in [0.2, 0.25) is 0 Å². The Kier molecular flexibility index (Phi) is 9.32. The van der Waals surface area contributed by atoms with Gasteiger partial charge in [0.15, 0.2) is 0 Å². The van der Waals surface area contributed by atoms with E-state index in [1.165, 1.54) is 77.9 Å². The maximum Gasteiger partial charge on any atom is 0.0464 e. The van der Waals surface area contributed by atoms with Crippen molar-refractivity contribution in [1.82, 2.24) is 0 Å². The van der Waals surface area contributed by atoms with Crippen LogP contribution in [0.4, 0.5) is 17.1 Å². The van der Waals surface area contributed by atoms with Crippen LogP contribution >= 0.6 is 0 Å². The summed E-state index contributed by atoms with van der Waals surface area (Å²) in [5.41, 5.74) is 20.7. The fourth-order valence-corrected chi connectivity index (χ4v) is 7.40. The Bertz CT molecular complexity index is 2360. The number of anilines is 3. The van der Waals surface area contributed by atoms with Gasteiger partial charge in [-0.3, -0.25) is 0 Å². The molecule has 0 aliphatic rings. The minimum Gasteiger partial charge on any atom is -0.310 e. The first-order valence-corrected chi connectivity index (χ1v) is 18.4. The van der Waals surface area contributed by atoms with E-state index in [9.17, 15) is 0 Å². The number of rotatable bonds is 8. The van der Waals surface area contributed by atoms with E-state index < -0.39 is 0 Å². The average molecular weight is 682 g/mol. The highest BCUT2D eigenvalue weighted by atomic mass is 15.1. The fourth-order valence-electron chi connectivity index (χ4n) is 7.40. The molecule has 1 nitrogen and oxygen atoms in total. The second kappa shape index (κ2) is 14.7. The maximum absolute atomic E-state index is 2.37. The number of nitrogens with zero attached hydrogens (tertiary/aromatic N) is 1. The average Bonchev–Trinajstić information content (AvgIpc) is 3.20. The van der Waals surface area contributed by atoms with Gasteiger partial charge in [0.1, 0.15) is 0 Å². The van der Waals surface area contributed by atoms with Crippen LogP contribution in [0.5, 0.6) is 0 Å². The van der Waals surface area contributed by atoms with Crippen LogP contribution in [-0.2, 0) is 0 Å². The van der Waals surface area contributed by atoms with Gasteiger partial charge in [0.25, 0.3) is 0 Å². The van der Waals surface area contributed by atoms with Gasteiger partial charge in [0.05, 0.1) is 0 Å². The SMILES string of the molecule is Cc1ccc(-c2ccc(N(c3ccc(-c4ccc(C)cc4-c4ccccc4)cc3)c3ccc(-c4ccc(C)cc4-c4ccccc4)cc3)cc2C)cc1. The summed E-state index contributed by atoms with van der Waals surface area (Å²) in [7, 11) is 0. The maximum atomic E-state index is 2.37. The van der Waals surface area contributed by atoms with E-state index in [2.05, 4.69) is 221 Å². The molecule has 0 radical (unpaired) electrons. The van der Waals surface area contributed by atoms with Gasteiger partial charge < -0.3 is 4.90 Å². The molecule has 0 aliphatic heterocycles. The van der Waals surface area contributed by atoms with Gasteiger partial charge in [0, 0.05) is 17.1 Å². The Labute approximate surface area is 314 Å². The second-order valence-corrected chi connectivity index (χ2v) is 14.1. The molecular formula is C52H43N. The Morgan fingerprint density at radius 3 is 1.08 bits per heavy atom. The summed E-state index contributed by atoms with van der Waals surface area (Å²) in [6, 6.07) is 68.6. The summed E-state index contributed by atoms with van der Waals surface area (Å²) in [4.78, 5) is 2.37. The van der Waals surface area contributed by atoms with E-state index >= 15 is 0 Å². The van der Waals surface area contributed by atoms with E-state index in [0.717, 1.165) is 17.1 Å². The third-order valence-corrected chi connectivity index (χ3v) is 10.2. The van der Waals surface area contributed by atoms with Crippen molar-refractivity contribution in [3.8, 4) is 55.6 Å². The molecule has 0 saturated carbocycles. The van der Waals surface area contributed by atoms with E-state index in [4.69, 9.17) is 0 Å². The topological polar surface area (TPSA) is 3.24 Å². The summed E-state index contributed by atoms with van der Waals surface area (Å²) in [6.07, 6.45) is 0. The van der Waals surface area contributed by atoms with Crippen molar-refractivity contribution in [2.24, 2.45) is 0 Å². The van der Waals surface area contributed by atoms with Crippen molar-refractivity contribution in [2.75, 3.05) is 4.90 Å².